The number of hydrogen-bond acceptors (Lipinski definition) is 4. The Morgan fingerprint density at radius 1 is 1.12 bits per heavy atom. The molecule has 1 aliphatic carbocycles. The number of benzene rings is 1. The van der Waals surface area contributed by atoms with E-state index < -0.39 is 0 Å². The minimum atomic E-state index is -0.308. The predicted molar refractivity (Wildman–Crippen MR) is 144 cm³/mol. The summed E-state index contributed by atoms with van der Waals surface area (Å²) in [7, 11) is 6.15. The van der Waals surface area contributed by atoms with Gasteiger partial charge in [-0.2, -0.15) is 0 Å². The Labute approximate surface area is 213 Å². The van der Waals surface area contributed by atoms with Crippen LogP contribution in [0.3, 0.4) is 0 Å². The molecule has 2 N–H and O–H groups in total. The smallest absolute Gasteiger partial charge is 0.251 e. The zero-order valence-corrected chi connectivity index (χ0v) is 22.7. The van der Waals surface area contributed by atoms with Gasteiger partial charge in [0, 0.05) is 54.2 Å². The van der Waals surface area contributed by atoms with Gasteiger partial charge in [0.2, 0.25) is 0 Å². The van der Waals surface area contributed by atoms with Crippen LogP contribution in [0.1, 0.15) is 66.2 Å². The van der Waals surface area contributed by atoms with Gasteiger partial charge in [-0.3, -0.25) is 9.59 Å². The maximum absolute atomic E-state index is 12.6. The molecule has 2 aromatic rings. The maximum Gasteiger partial charge on any atom is 0.251 e. The SMILES string of the molecule is CCNc1cc(Cl)cc(C(=O)NCc2c(Cl)n(C)c(C)cc2=O)c1C.CN(C)C1CCCCC1. The highest BCUT2D eigenvalue weighted by Crippen LogP contribution is 2.25. The van der Waals surface area contributed by atoms with Gasteiger partial charge in [-0.15, -0.1) is 0 Å². The quantitative estimate of drug-likeness (QED) is 0.501. The molecule has 0 atom stereocenters. The fraction of sp³-hybridized carbons (Fsp3) is 0.538. The van der Waals surface area contributed by atoms with E-state index in [4.69, 9.17) is 23.2 Å². The van der Waals surface area contributed by atoms with Crippen molar-refractivity contribution < 1.29 is 4.79 Å². The zero-order chi connectivity index (χ0) is 25.4. The van der Waals surface area contributed by atoms with Crippen molar-refractivity contribution in [2.45, 2.75) is 65.5 Å². The van der Waals surface area contributed by atoms with E-state index in [1.807, 2.05) is 13.8 Å². The summed E-state index contributed by atoms with van der Waals surface area (Å²) in [5.41, 5.74) is 2.98. The molecule has 0 bridgehead atoms. The monoisotopic (exact) mass is 508 g/mol. The van der Waals surface area contributed by atoms with E-state index in [0.717, 1.165) is 29.5 Å². The molecule has 1 aromatic carbocycles. The minimum Gasteiger partial charge on any atom is -0.385 e. The van der Waals surface area contributed by atoms with Crippen LogP contribution in [0.4, 0.5) is 5.69 Å². The first kappa shape index (κ1) is 28.2. The van der Waals surface area contributed by atoms with Crippen LogP contribution in [0.2, 0.25) is 10.2 Å². The third-order valence-electron chi connectivity index (χ3n) is 6.42. The van der Waals surface area contributed by atoms with Crippen LogP contribution in [0, 0.1) is 13.8 Å². The number of carbonyl (C=O) groups excluding carboxylic acids is 1. The first-order chi connectivity index (χ1) is 16.1. The van der Waals surface area contributed by atoms with Gasteiger partial charge in [-0.05, 0) is 65.4 Å². The van der Waals surface area contributed by atoms with Crippen molar-refractivity contribution in [1.29, 1.82) is 0 Å². The number of nitrogens with zero attached hydrogens (tertiary/aromatic N) is 2. The first-order valence-electron chi connectivity index (χ1n) is 11.9. The third-order valence-corrected chi connectivity index (χ3v) is 7.12. The Kier molecular flexibility index (Phi) is 10.9. The lowest BCUT2D eigenvalue weighted by atomic mass is 9.95. The largest absolute Gasteiger partial charge is 0.385 e. The molecule has 1 aromatic heterocycles. The lowest BCUT2D eigenvalue weighted by molar-refractivity contribution is 0.0950. The molecule has 1 amide bonds. The van der Waals surface area contributed by atoms with Gasteiger partial charge in [0.05, 0.1) is 5.56 Å². The second-order valence-corrected chi connectivity index (χ2v) is 9.87. The van der Waals surface area contributed by atoms with Crippen molar-refractivity contribution >= 4 is 34.8 Å². The summed E-state index contributed by atoms with van der Waals surface area (Å²) < 4.78 is 1.71. The third kappa shape index (κ3) is 7.49. The van der Waals surface area contributed by atoms with E-state index in [1.165, 1.54) is 38.2 Å². The molecule has 8 heteroatoms. The number of amides is 1. The summed E-state index contributed by atoms with van der Waals surface area (Å²) in [6.07, 6.45) is 7.20. The summed E-state index contributed by atoms with van der Waals surface area (Å²) in [5.74, 6) is -0.308. The first-order valence-corrected chi connectivity index (χ1v) is 12.7. The molecular formula is C26H38Cl2N4O2. The number of pyridine rings is 1. The normalized spacial score (nSPS) is 13.9. The Balaban J connectivity index is 0.000000379. The summed E-state index contributed by atoms with van der Waals surface area (Å²) in [5, 5.41) is 6.73. The molecule has 0 spiro atoms. The maximum atomic E-state index is 12.6. The molecule has 1 saturated carbocycles. The Morgan fingerprint density at radius 2 is 1.76 bits per heavy atom. The number of halogens is 2. The number of aryl methyl sites for hydroxylation is 1. The second-order valence-electron chi connectivity index (χ2n) is 9.07. The summed E-state index contributed by atoms with van der Waals surface area (Å²) in [6.45, 7) is 6.38. The van der Waals surface area contributed by atoms with Crippen LogP contribution in [0.5, 0.6) is 0 Å². The zero-order valence-electron chi connectivity index (χ0n) is 21.2. The lowest BCUT2D eigenvalue weighted by Gasteiger charge is -2.27. The molecule has 3 rings (SSSR count). The van der Waals surface area contributed by atoms with Gasteiger partial charge in [0.15, 0.2) is 5.43 Å². The number of hydrogen-bond donors (Lipinski definition) is 2. The molecule has 1 aliphatic rings. The number of rotatable bonds is 6. The van der Waals surface area contributed by atoms with Crippen LogP contribution in [0.15, 0.2) is 23.0 Å². The lowest BCUT2D eigenvalue weighted by Crippen LogP contribution is -2.29. The molecular weight excluding hydrogens is 471 g/mol. The van der Waals surface area contributed by atoms with Crippen LogP contribution in [-0.2, 0) is 13.6 Å². The van der Waals surface area contributed by atoms with Crippen molar-refractivity contribution in [3.63, 3.8) is 0 Å². The summed E-state index contributed by atoms with van der Waals surface area (Å²) in [6, 6.07) is 5.78. The molecule has 0 radical (unpaired) electrons. The van der Waals surface area contributed by atoms with Crippen LogP contribution in [-0.4, -0.2) is 42.1 Å². The Hall–Kier alpha value is -2.02. The van der Waals surface area contributed by atoms with Gasteiger partial charge >= 0.3 is 0 Å². The highest BCUT2D eigenvalue weighted by Gasteiger charge is 2.16. The molecule has 0 aliphatic heterocycles. The number of nitrogens with one attached hydrogen (secondary N) is 2. The second kappa shape index (κ2) is 13.2. The van der Waals surface area contributed by atoms with Crippen LogP contribution < -0.4 is 16.1 Å². The van der Waals surface area contributed by atoms with Gasteiger partial charge in [-0.1, -0.05) is 42.5 Å². The van der Waals surface area contributed by atoms with E-state index in [2.05, 4.69) is 29.6 Å². The summed E-state index contributed by atoms with van der Waals surface area (Å²) in [4.78, 5) is 27.1. The van der Waals surface area contributed by atoms with Gasteiger partial charge in [0.1, 0.15) is 5.15 Å². The predicted octanol–water partition coefficient (Wildman–Crippen LogP) is 5.55. The van der Waals surface area contributed by atoms with E-state index in [0.29, 0.717) is 21.3 Å². The molecule has 1 heterocycles. The van der Waals surface area contributed by atoms with Crippen LogP contribution in [0.25, 0.3) is 0 Å². The van der Waals surface area contributed by atoms with E-state index >= 15 is 0 Å². The van der Waals surface area contributed by atoms with Crippen molar-refractivity contribution in [1.82, 2.24) is 14.8 Å². The molecule has 1 fully saturated rings. The minimum absolute atomic E-state index is 0.0487. The van der Waals surface area contributed by atoms with E-state index in [1.54, 1.807) is 30.7 Å². The Morgan fingerprint density at radius 3 is 2.32 bits per heavy atom. The number of aromatic nitrogens is 1. The highest BCUT2D eigenvalue weighted by atomic mass is 35.5. The van der Waals surface area contributed by atoms with Gasteiger partial charge < -0.3 is 20.1 Å². The van der Waals surface area contributed by atoms with Crippen molar-refractivity contribution in [3.05, 3.63) is 61.0 Å². The topological polar surface area (TPSA) is 66.4 Å². The fourth-order valence-electron chi connectivity index (χ4n) is 4.14. The van der Waals surface area contributed by atoms with E-state index in [-0.39, 0.29) is 17.9 Å². The highest BCUT2D eigenvalue weighted by molar-refractivity contribution is 6.31. The van der Waals surface area contributed by atoms with Crippen LogP contribution >= 0.6 is 23.2 Å². The number of anilines is 1. The van der Waals surface area contributed by atoms with Gasteiger partial charge in [0.25, 0.3) is 5.91 Å². The Bertz CT molecular complexity index is 1040. The molecule has 34 heavy (non-hydrogen) atoms. The van der Waals surface area contributed by atoms with Crippen molar-refractivity contribution in [2.75, 3.05) is 26.0 Å². The van der Waals surface area contributed by atoms with Crippen molar-refractivity contribution in [2.24, 2.45) is 7.05 Å². The molecule has 6 nitrogen and oxygen atoms in total. The van der Waals surface area contributed by atoms with Gasteiger partial charge in [-0.25, -0.2) is 0 Å². The standard InChI is InChI=1S/C18H21Cl2N3O2.C8H17N/c1-5-21-15-8-12(19)7-13(11(15)3)18(25)22-9-14-16(24)6-10(2)23(4)17(14)20;1-9(2)8-6-4-3-5-7-8/h6-8,21H,5,9H2,1-4H3,(H,22,25);8H,3-7H2,1-2H3. The number of carbonyl (C=O) groups is 1. The van der Waals surface area contributed by atoms with Crippen molar-refractivity contribution in [3.8, 4) is 0 Å². The molecule has 188 valence electrons. The van der Waals surface area contributed by atoms with E-state index in [9.17, 15) is 9.59 Å². The average molecular weight is 510 g/mol. The molecule has 0 unspecified atom stereocenters. The summed E-state index contributed by atoms with van der Waals surface area (Å²) >= 11 is 12.3. The average Bonchev–Trinajstić information content (AvgIpc) is 2.80. The molecule has 0 saturated heterocycles. The fourth-order valence-corrected chi connectivity index (χ4v) is 4.65.